The highest BCUT2D eigenvalue weighted by Gasteiger charge is 2.09. The summed E-state index contributed by atoms with van der Waals surface area (Å²) in [5, 5.41) is 7.87. The SMILES string of the molecule is COC(=O)C(C)SC.CSC(C)C(=O)O. The summed E-state index contributed by atoms with van der Waals surface area (Å²) >= 11 is 2.82. The standard InChI is InChI=1S/C5H10O2S.C4H8O2S/c1-4(8-3)5(6)7-2;1-3(7-2)4(5)6/h4H,1-3H3;3H,1-2H3,(H,5,6). The zero-order valence-corrected chi connectivity index (χ0v) is 11.3. The number of carboxylic acid groups (broad SMARTS) is 1. The van der Waals surface area contributed by atoms with Gasteiger partial charge >= 0.3 is 11.9 Å². The molecule has 0 radical (unpaired) electrons. The van der Waals surface area contributed by atoms with Crippen molar-refractivity contribution in [1.82, 2.24) is 0 Å². The Labute approximate surface area is 99.1 Å². The number of carbonyl (C=O) groups excluding carboxylic acids is 1. The van der Waals surface area contributed by atoms with E-state index in [1.165, 1.54) is 30.6 Å². The van der Waals surface area contributed by atoms with E-state index in [9.17, 15) is 9.59 Å². The molecule has 6 heteroatoms. The van der Waals surface area contributed by atoms with Crippen LogP contribution in [0.25, 0.3) is 0 Å². The lowest BCUT2D eigenvalue weighted by Crippen LogP contribution is -2.13. The zero-order valence-electron chi connectivity index (χ0n) is 9.64. The highest BCUT2D eigenvalue weighted by atomic mass is 32.2. The predicted molar refractivity (Wildman–Crippen MR) is 65.6 cm³/mol. The van der Waals surface area contributed by atoms with Crippen LogP contribution in [0.3, 0.4) is 0 Å². The van der Waals surface area contributed by atoms with Crippen molar-refractivity contribution in [2.24, 2.45) is 0 Å². The molecule has 0 spiro atoms. The van der Waals surface area contributed by atoms with E-state index in [2.05, 4.69) is 4.74 Å². The molecule has 0 aromatic carbocycles. The van der Waals surface area contributed by atoms with E-state index in [-0.39, 0.29) is 16.5 Å². The van der Waals surface area contributed by atoms with E-state index in [1.807, 2.05) is 13.2 Å². The van der Waals surface area contributed by atoms with Crippen molar-refractivity contribution in [3.05, 3.63) is 0 Å². The van der Waals surface area contributed by atoms with Gasteiger partial charge in [0.2, 0.25) is 0 Å². The van der Waals surface area contributed by atoms with Gasteiger partial charge in [-0.1, -0.05) is 0 Å². The van der Waals surface area contributed by atoms with Gasteiger partial charge in [-0.05, 0) is 26.4 Å². The lowest BCUT2D eigenvalue weighted by molar-refractivity contribution is -0.139. The fraction of sp³-hybridized carbons (Fsp3) is 0.778. The van der Waals surface area contributed by atoms with Crippen LogP contribution in [0.4, 0.5) is 0 Å². The van der Waals surface area contributed by atoms with Crippen molar-refractivity contribution < 1.29 is 19.4 Å². The highest BCUT2D eigenvalue weighted by molar-refractivity contribution is 8.00. The van der Waals surface area contributed by atoms with Crippen LogP contribution in [0, 0.1) is 0 Å². The van der Waals surface area contributed by atoms with Crippen molar-refractivity contribution in [1.29, 1.82) is 0 Å². The zero-order chi connectivity index (χ0) is 12.4. The number of hydrogen-bond donors (Lipinski definition) is 1. The first-order valence-electron chi connectivity index (χ1n) is 4.26. The molecule has 0 amide bonds. The largest absolute Gasteiger partial charge is 0.480 e. The number of methoxy groups -OCH3 is 1. The highest BCUT2D eigenvalue weighted by Crippen LogP contribution is 2.05. The minimum absolute atomic E-state index is 0.0278. The van der Waals surface area contributed by atoms with Crippen LogP contribution in [0.15, 0.2) is 0 Å². The summed E-state index contributed by atoms with van der Waals surface area (Å²) in [5.74, 6) is -0.898. The maximum atomic E-state index is 10.5. The van der Waals surface area contributed by atoms with Gasteiger partial charge in [0.1, 0.15) is 0 Å². The monoisotopic (exact) mass is 254 g/mol. The van der Waals surface area contributed by atoms with Crippen LogP contribution in [-0.4, -0.2) is 47.2 Å². The third-order valence-electron chi connectivity index (χ3n) is 1.59. The van der Waals surface area contributed by atoms with Crippen LogP contribution in [0.1, 0.15) is 13.8 Å². The summed E-state index contributed by atoms with van der Waals surface area (Å²) in [7, 11) is 1.40. The summed E-state index contributed by atoms with van der Waals surface area (Å²) < 4.78 is 4.44. The Hall–Kier alpha value is -0.360. The third kappa shape index (κ3) is 9.93. The molecule has 4 nitrogen and oxygen atoms in total. The van der Waals surface area contributed by atoms with Gasteiger partial charge in [-0.25, -0.2) is 0 Å². The Morgan fingerprint density at radius 3 is 1.60 bits per heavy atom. The van der Waals surface area contributed by atoms with Gasteiger partial charge in [0.15, 0.2) is 0 Å². The lowest BCUT2D eigenvalue weighted by Gasteiger charge is -2.02. The average Bonchev–Trinajstić information content (AvgIpc) is 2.26. The first kappa shape index (κ1) is 17.0. The molecule has 0 aliphatic heterocycles. The Balaban J connectivity index is 0. The number of carboxylic acids is 1. The molecule has 0 rings (SSSR count). The molecule has 0 fully saturated rings. The number of hydrogen-bond acceptors (Lipinski definition) is 5. The van der Waals surface area contributed by atoms with Crippen LogP contribution in [-0.2, 0) is 14.3 Å². The maximum absolute atomic E-state index is 10.5. The van der Waals surface area contributed by atoms with E-state index >= 15 is 0 Å². The fourth-order valence-corrected chi connectivity index (χ4v) is 0.853. The number of aliphatic carboxylic acids is 1. The molecular weight excluding hydrogens is 236 g/mol. The molecule has 0 heterocycles. The average molecular weight is 254 g/mol. The van der Waals surface area contributed by atoms with Gasteiger partial charge < -0.3 is 9.84 Å². The molecule has 0 aliphatic rings. The van der Waals surface area contributed by atoms with E-state index < -0.39 is 5.97 Å². The Morgan fingerprint density at radius 2 is 1.53 bits per heavy atom. The predicted octanol–water partition coefficient (Wildman–Crippen LogP) is 1.73. The first-order valence-corrected chi connectivity index (χ1v) is 6.84. The van der Waals surface area contributed by atoms with Crippen molar-refractivity contribution in [2.75, 3.05) is 19.6 Å². The summed E-state index contributed by atoms with van der Waals surface area (Å²) in [4.78, 5) is 20.4. The number of rotatable bonds is 4. The van der Waals surface area contributed by atoms with Gasteiger partial charge in [-0.2, -0.15) is 23.5 Å². The van der Waals surface area contributed by atoms with Gasteiger partial charge in [-0.15, -0.1) is 0 Å². The number of carbonyl (C=O) groups is 2. The summed E-state index contributed by atoms with van der Waals surface area (Å²) in [5.41, 5.74) is 0. The first-order chi connectivity index (χ1) is 6.90. The minimum Gasteiger partial charge on any atom is -0.480 e. The maximum Gasteiger partial charge on any atom is 0.318 e. The van der Waals surface area contributed by atoms with E-state index in [1.54, 1.807) is 13.2 Å². The lowest BCUT2D eigenvalue weighted by atomic mass is 10.5. The number of esters is 1. The second kappa shape index (κ2) is 10.2. The third-order valence-corrected chi connectivity index (χ3v) is 3.40. The van der Waals surface area contributed by atoms with Gasteiger partial charge in [0.05, 0.1) is 17.6 Å². The second-order valence-electron chi connectivity index (χ2n) is 2.62. The van der Waals surface area contributed by atoms with E-state index in [4.69, 9.17) is 5.11 Å². The van der Waals surface area contributed by atoms with Gasteiger partial charge in [-0.3, -0.25) is 9.59 Å². The number of ether oxygens (including phenoxy) is 1. The second-order valence-corrected chi connectivity index (χ2v) is 4.97. The Kier molecular flexibility index (Phi) is 11.6. The van der Waals surface area contributed by atoms with Gasteiger partial charge in [0, 0.05) is 0 Å². The molecule has 0 saturated heterocycles. The van der Waals surface area contributed by atoms with Crippen molar-refractivity contribution in [3.63, 3.8) is 0 Å². The van der Waals surface area contributed by atoms with Crippen LogP contribution >= 0.6 is 23.5 Å². The molecule has 0 aliphatic carbocycles. The Bertz CT molecular complexity index is 197. The van der Waals surface area contributed by atoms with Crippen molar-refractivity contribution >= 4 is 35.5 Å². The normalized spacial score (nSPS) is 13.1. The van der Waals surface area contributed by atoms with E-state index in [0.717, 1.165) is 0 Å². The molecule has 2 atom stereocenters. The van der Waals surface area contributed by atoms with Gasteiger partial charge in [0.25, 0.3) is 0 Å². The summed E-state index contributed by atoms with van der Waals surface area (Å²) in [6.07, 6.45) is 3.65. The van der Waals surface area contributed by atoms with Crippen LogP contribution in [0.2, 0.25) is 0 Å². The molecule has 15 heavy (non-hydrogen) atoms. The molecule has 0 aromatic rings. The molecular formula is C9H18O4S2. The van der Waals surface area contributed by atoms with Crippen molar-refractivity contribution in [3.8, 4) is 0 Å². The summed E-state index contributed by atoms with van der Waals surface area (Å²) in [6, 6.07) is 0. The smallest absolute Gasteiger partial charge is 0.318 e. The molecule has 2 unspecified atom stereocenters. The Morgan fingerprint density at radius 1 is 1.13 bits per heavy atom. The van der Waals surface area contributed by atoms with Crippen molar-refractivity contribution in [2.45, 2.75) is 24.3 Å². The molecule has 1 N–H and O–H groups in total. The van der Waals surface area contributed by atoms with E-state index in [0.29, 0.717) is 0 Å². The molecule has 0 bridgehead atoms. The quantitative estimate of drug-likeness (QED) is 0.771. The molecule has 0 aromatic heterocycles. The van der Waals surface area contributed by atoms with Crippen LogP contribution in [0.5, 0.6) is 0 Å². The topological polar surface area (TPSA) is 63.6 Å². The summed E-state index contributed by atoms with van der Waals surface area (Å²) in [6.45, 7) is 3.48. The molecule has 90 valence electrons. The fourth-order valence-electron chi connectivity index (χ4n) is 0.363. The van der Waals surface area contributed by atoms with Crippen LogP contribution < -0.4 is 0 Å². The number of thioether (sulfide) groups is 2. The minimum atomic E-state index is -0.743. The molecule has 0 saturated carbocycles.